The van der Waals surface area contributed by atoms with Gasteiger partial charge in [0.1, 0.15) is 10.6 Å². The summed E-state index contributed by atoms with van der Waals surface area (Å²) in [4.78, 5) is 31.2. The number of carbonyl (C=O) groups is 2. The van der Waals surface area contributed by atoms with E-state index in [1.165, 1.54) is 16.9 Å². The zero-order valence-corrected chi connectivity index (χ0v) is 27.8. The van der Waals surface area contributed by atoms with Gasteiger partial charge in [0.15, 0.2) is 0 Å². The molecular weight excluding hydrogens is 656 g/mol. The van der Waals surface area contributed by atoms with Gasteiger partial charge < -0.3 is 23.8 Å². The van der Waals surface area contributed by atoms with E-state index in [0.29, 0.717) is 18.8 Å². The van der Waals surface area contributed by atoms with Gasteiger partial charge in [-0.1, -0.05) is 42.5 Å². The molecule has 0 bridgehead atoms. The van der Waals surface area contributed by atoms with Crippen molar-refractivity contribution >= 4 is 73.4 Å². The van der Waals surface area contributed by atoms with Crippen molar-refractivity contribution in [3.63, 3.8) is 0 Å². The maximum atomic E-state index is 13.1. The minimum atomic E-state index is -0.918. The Morgan fingerprint density at radius 3 is 2.41 bits per heavy atom. The lowest BCUT2D eigenvalue weighted by Crippen LogP contribution is -2.49. The Bertz CT molecular complexity index is 1810. The lowest BCUT2D eigenvalue weighted by molar-refractivity contribution is 0.0685. The first kappa shape index (κ1) is 30.3. The molecule has 0 aliphatic carbocycles. The summed E-state index contributed by atoms with van der Waals surface area (Å²) >= 11 is 6.66. The second kappa shape index (κ2) is 13.1. The number of thiophene rings is 1. The number of fused-ring (bicyclic) bond motifs is 1. The van der Waals surface area contributed by atoms with Gasteiger partial charge in [-0.25, -0.2) is 4.79 Å². The van der Waals surface area contributed by atoms with Crippen molar-refractivity contribution in [1.29, 1.82) is 0 Å². The summed E-state index contributed by atoms with van der Waals surface area (Å²) in [5.41, 5.74) is 5.52. The Balaban J connectivity index is 1.28. The molecule has 3 heterocycles. The molecule has 0 spiro atoms. The van der Waals surface area contributed by atoms with Crippen LogP contribution in [0.2, 0.25) is 0 Å². The number of carbonyl (C=O) groups excluding carboxylic acids is 1. The average molecular weight is 690 g/mol. The number of carboxylic acid groups (broad SMARTS) is 1. The number of halogens is 1. The number of carboxylic acids is 1. The summed E-state index contributed by atoms with van der Waals surface area (Å²) in [5, 5.41) is 12.7. The predicted octanol–water partition coefficient (Wildman–Crippen LogP) is 7.73. The predicted molar refractivity (Wildman–Crippen MR) is 185 cm³/mol. The van der Waals surface area contributed by atoms with Crippen LogP contribution in [-0.2, 0) is 13.5 Å². The first-order valence-electron chi connectivity index (χ1n) is 14.5. The molecule has 5 aromatic rings. The summed E-state index contributed by atoms with van der Waals surface area (Å²) in [6.07, 6.45) is 0.871. The summed E-state index contributed by atoms with van der Waals surface area (Å²) in [6.45, 7) is 5.47. The van der Waals surface area contributed by atoms with E-state index in [-0.39, 0.29) is 5.91 Å². The van der Waals surface area contributed by atoms with Crippen LogP contribution in [0.15, 0.2) is 93.6 Å². The van der Waals surface area contributed by atoms with Crippen LogP contribution in [0.3, 0.4) is 0 Å². The first-order valence-corrected chi connectivity index (χ1v) is 16.9. The third-order valence-corrected chi connectivity index (χ3v) is 11.0. The van der Waals surface area contributed by atoms with E-state index in [1.54, 1.807) is 23.6 Å². The average Bonchev–Trinajstić information content (AvgIpc) is 3.58. The van der Waals surface area contributed by atoms with E-state index in [2.05, 4.69) is 85.8 Å². The molecule has 1 aliphatic heterocycles. The molecule has 7 nitrogen and oxygen atoms in total. The second-order valence-corrected chi connectivity index (χ2v) is 13.7. The van der Waals surface area contributed by atoms with E-state index in [4.69, 9.17) is 0 Å². The van der Waals surface area contributed by atoms with Crippen LogP contribution in [0.4, 0.5) is 11.4 Å². The summed E-state index contributed by atoms with van der Waals surface area (Å²) in [7, 11) is 1.81. The van der Waals surface area contributed by atoms with Crippen LogP contribution < -0.4 is 9.21 Å². The Kier molecular flexibility index (Phi) is 9.02. The van der Waals surface area contributed by atoms with Crippen molar-refractivity contribution in [2.75, 3.05) is 41.9 Å². The molecule has 2 aromatic heterocycles. The summed E-state index contributed by atoms with van der Waals surface area (Å²) in [6, 6.07) is 27.1. The number of hydrogen-bond donors (Lipinski definition) is 1. The topological polar surface area (TPSA) is 69.0 Å². The van der Waals surface area contributed by atoms with E-state index in [9.17, 15) is 14.7 Å². The van der Waals surface area contributed by atoms with Gasteiger partial charge in [0.25, 0.3) is 5.91 Å². The standard InChI is InChI=1S/C34H33BrN4O3S2/c1-23-26-22-25(12-13-28(26)36(2)31(23)34(41)42)44-39(16-14-24-8-4-3-5-9-24)30-11-7-6-10-29(30)37-17-19-38(20-18-37)33(40)32-27(35)15-21-43-32/h3-13,15,21-22H,14,16-20H2,1-2H3,(H,41,42). The summed E-state index contributed by atoms with van der Waals surface area (Å²) < 4.78 is 4.96. The number of anilines is 2. The minimum Gasteiger partial charge on any atom is -0.477 e. The van der Waals surface area contributed by atoms with Crippen molar-refractivity contribution in [3.8, 4) is 0 Å². The summed E-state index contributed by atoms with van der Waals surface area (Å²) in [5.74, 6) is -0.837. The normalized spacial score (nSPS) is 13.4. The lowest BCUT2D eigenvalue weighted by atomic mass is 10.1. The zero-order valence-electron chi connectivity index (χ0n) is 24.6. The van der Waals surface area contributed by atoms with Crippen LogP contribution >= 0.6 is 39.2 Å². The van der Waals surface area contributed by atoms with Crippen LogP contribution in [0.1, 0.15) is 31.3 Å². The van der Waals surface area contributed by atoms with Crippen molar-refractivity contribution in [3.05, 3.63) is 110 Å². The monoisotopic (exact) mass is 688 g/mol. The molecule has 1 amide bonds. The number of hydrogen-bond acceptors (Lipinski definition) is 6. The molecule has 1 N–H and O–H groups in total. The van der Waals surface area contributed by atoms with Crippen LogP contribution in [0.5, 0.6) is 0 Å². The van der Waals surface area contributed by atoms with Gasteiger partial charge in [-0.2, -0.15) is 0 Å². The van der Waals surface area contributed by atoms with Gasteiger partial charge in [-0.3, -0.25) is 4.79 Å². The Morgan fingerprint density at radius 1 is 0.977 bits per heavy atom. The molecule has 0 radical (unpaired) electrons. The molecule has 6 rings (SSSR count). The van der Waals surface area contributed by atoms with Gasteiger partial charge in [-0.05, 0) is 94.1 Å². The molecule has 226 valence electrons. The van der Waals surface area contributed by atoms with E-state index >= 15 is 0 Å². The fourth-order valence-electron chi connectivity index (χ4n) is 5.87. The molecule has 10 heteroatoms. The Hall–Kier alpha value is -3.73. The molecule has 0 saturated carbocycles. The highest BCUT2D eigenvalue weighted by atomic mass is 79.9. The van der Waals surface area contributed by atoms with Crippen molar-refractivity contribution < 1.29 is 14.7 Å². The number of para-hydroxylation sites is 2. The Labute approximate surface area is 274 Å². The number of aryl methyl sites for hydroxylation is 2. The highest BCUT2D eigenvalue weighted by Gasteiger charge is 2.27. The minimum absolute atomic E-state index is 0.0810. The Morgan fingerprint density at radius 2 is 1.70 bits per heavy atom. The highest BCUT2D eigenvalue weighted by molar-refractivity contribution is 9.10. The molecule has 3 aromatic carbocycles. The van der Waals surface area contributed by atoms with E-state index in [1.807, 2.05) is 35.4 Å². The van der Waals surface area contributed by atoms with Gasteiger partial charge in [0.2, 0.25) is 0 Å². The number of aromatic carboxylic acids is 1. The fraction of sp³-hybridized carbons (Fsp3) is 0.235. The second-order valence-electron chi connectivity index (χ2n) is 10.8. The lowest BCUT2D eigenvalue weighted by Gasteiger charge is -2.38. The van der Waals surface area contributed by atoms with Crippen molar-refractivity contribution in [2.24, 2.45) is 7.05 Å². The van der Waals surface area contributed by atoms with Gasteiger partial charge in [0.05, 0.1) is 11.4 Å². The number of nitrogens with zero attached hydrogens (tertiary/aromatic N) is 4. The van der Waals surface area contributed by atoms with E-state index < -0.39 is 5.97 Å². The maximum absolute atomic E-state index is 13.1. The van der Waals surface area contributed by atoms with E-state index in [0.717, 1.165) is 68.1 Å². The number of rotatable bonds is 9. The van der Waals surface area contributed by atoms with Gasteiger partial charge >= 0.3 is 5.97 Å². The molecule has 44 heavy (non-hydrogen) atoms. The zero-order chi connectivity index (χ0) is 30.8. The molecule has 1 saturated heterocycles. The van der Waals surface area contributed by atoms with Crippen LogP contribution in [0.25, 0.3) is 10.9 Å². The third kappa shape index (κ3) is 6.11. The van der Waals surface area contributed by atoms with Gasteiger partial charge in [0, 0.05) is 60.0 Å². The molecular formula is C34H33BrN4O3S2. The number of aromatic nitrogens is 1. The van der Waals surface area contributed by atoms with Crippen molar-refractivity contribution in [1.82, 2.24) is 9.47 Å². The van der Waals surface area contributed by atoms with Crippen LogP contribution in [-0.4, -0.2) is 59.2 Å². The molecule has 0 atom stereocenters. The molecule has 0 unspecified atom stereocenters. The van der Waals surface area contributed by atoms with Gasteiger partial charge in [-0.15, -0.1) is 11.3 Å². The fourth-order valence-corrected chi connectivity index (χ4v) is 8.37. The number of amides is 1. The molecule has 1 fully saturated rings. The number of benzene rings is 3. The number of piperazine rings is 1. The third-order valence-electron chi connectivity index (χ3n) is 8.16. The largest absolute Gasteiger partial charge is 0.477 e. The SMILES string of the molecule is Cc1c(C(=O)O)n(C)c2ccc(SN(CCc3ccccc3)c3ccccc3N3CCN(C(=O)c4sccc4Br)CC3)cc12. The molecule has 1 aliphatic rings. The highest BCUT2D eigenvalue weighted by Crippen LogP contribution is 2.38. The van der Waals surface area contributed by atoms with Crippen molar-refractivity contribution in [2.45, 2.75) is 18.2 Å². The van der Waals surface area contributed by atoms with Crippen LogP contribution in [0, 0.1) is 6.92 Å². The first-order chi connectivity index (χ1) is 21.3. The quantitative estimate of drug-likeness (QED) is 0.160. The maximum Gasteiger partial charge on any atom is 0.352 e. The smallest absolute Gasteiger partial charge is 0.352 e.